The van der Waals surface area contributed by atoms with Crippen molar-refractivity contribution in [1.29, 1.82) is 5.26 Å². The number of carbonyl (C=O) groups excluding carboxylic acids is 2. The molecular formula is C28H30ClN3O3S. The maximum Gasteiger partial charge on any atom is 0.337 e. The lowest BCUT2D eigenvalue weighted by Crippen LogP contribution is -2.33. The van der Waals surface area contributed by atoms with E-state index in [-0.39, 0.29) is 11.7 Å². The van der Waals surface area contributed by atoms with E-state index in [0.717, 1.165) is 22.4 Å². The molecule has 6 nitrogen and oxygen atoms in total. The summed E-state index contributed by atoms with van der Waals surface area (Å²) in [5, 5.41) is 14.2. The molecule has 0 spiro atoms. The second-order valence-electron chi connectivity index (χ2n) is 9.74. The number of allylic oxidation sites excluding steroid dienone is 1. The molecule has 0 fully saturated rings. The number of nitriles is 1. The molecular weight excluding hydrogens is 494 g/mol. The molecule has 8 heteroatoms. The maximum atomic E-state index is 13.2. The first-order valence-corrected chi connectivity index (χ1v) is 12.9. The zero-order chi connectivity index (χ0) is 26.6. The van der Waals surface area contributed by atoms with E-state index in [1.807, 2.05) is 32.0 Å². The summed E-state index contributed by atoms with van der Waals surface area (Å²) in [4.78, 5) is 30.6. The Morgan fingerprint density at radius 1 is 1.14 bits per heavy atom. The average molecular weight is 524 g/mol. The lowest BCUT2D eigenvalue weighted by molar-refractivity contribution is -0.150. The van der Waals surface area contributed by atoms with Crippen molar-refractivity contribution in [3.05, 3.63) is 75.4 Å². The van der Waals surface area contributed by atoms with Crippen LogP contribution in [-0.2, 0) is 14.3 Å². The number of hydrogen-bond acceptors (Lipinski definition) is 6. The van der Waals surface area contributed by atoms with Crippen LogP contribution in [0.1, 0.15) is 50.3 Å². The molecule has 1 amide bonds. The Morgan fingerprint density at radius 2 is 1.81 bits per heavy atom. The summed E-state index contributed by atoms with van der Waals surface area (Å²) in [6.07, 6.45) is 0. The molecule has 2 aromatic rings. The van der Waals surface area contributed by atoms with Gasteiger partial charge in [0, 0.05) is 22.3 Å². The predicted molar refractivity (Wildman–Crippen MR) is 146 cm³/mol. The molecule has 0 saturated carbocycles. The van der Waals surface area contributed by atoms with Gasteiger partial charge in [0.15, 0.2) is 0 Å². The summed E-state index contributed by atoms with van der Waals surface area (Å²) in [7, 11) is 0. The molecule has 36 heavy (non-hydrogen) atoms. The van der Waals surface area contributed by atoms with Gasteiger partial charge in [-0.25, -0.2) is 9.79 Å². The van der Waals surface area contributed by atoms with Gasteiger partial charge in [-0.15, -0.1) is 0 Å². The Hall–Kier alpha value is -3.08. The van der Waals surface area contributed by atoms with E-state index < -0.39 is 23.4 Å². The summed E-state index contributed by atoms with van der Waals surface area (Å²) in [5.74, 6) is -2.01. The molecule has 188 valence electrons. The number of rotatable bonds is 5. The van der Waals surface area contributed by atoms with Crippen LogP contribution in [0.4, 0.5) is 5.69 Å². The van der Waals surface area contributed by atoms with Crippen molar-refractivity contribution in [3.63, 3.8) is 0 Å². The van der Waals surface area contributed by atoms with E-state index in [1.165, 1.54) is 11.8 Å². The first-order valence-electron chi connectivity index (χ1n) is 11.6. The van der Waals surface area contributed by atoms with Crippen molar-refractivity contribution in [2.24, 2.45) is 10.9 Å². The molecule has 1 aliphatic heterocycles. The van der Waals surface area contributed by atoms with Gasteiger partial charge < -0.3 is 10.1 Å². The van der Waals surface area contributed by atoms with E-state index in [2.05, 4.69) is 16.4 Å². The number of thioether (sulfide) groups is 1. The van der Waals surface area contributed by atoms with Crippen molar-refractivity contribution in [2.75, 3.05) is 11.1 Å². The van der Waals surface area contributed by atoms with Crippen LogP contribution in [0.2, 0.25) is 5.02 Å². The second kappa shape index (κ2) is 11.3. The van der Waals surface area contributed by atoms with Crippen molar-refractivity contribution in [3.8, 4) is 6.07 Å². The minimum absolute atomic E-state index is 0.0762. The minimum atomic E-state index is -0.768. The highest BCUT2D eigenvalue weighted by atomic mass is 35.5. The van der Waals surface area contributed by atoms with Crippen LogP contribution in [0.15, 0.2) is 58.7 Å². The quantitative estimate of drug-likeness (QED) is 0.447. The van der Waals surface area contributed by atoms with Gasteiger partial charge >= 0.3 is 5.97 Å². The van der Waals surface area contributed by atoms with E-state index in [9.17, 15) is 14.9 Å². The standard InChI is InChI=1S/C28H30ClN3O3S/c1-16-7-8-17(2)22(13-16)32-23(33)15-36-26-21(14-30)25(19-9-11-20(29)12-10-19)24(18(3)31-26)27(34)35-28(4,5)6/h7-13,21,25H,15H2,1-6H3,(H,32,33). The summed E-state index contributed by atoms with van der Waals surface area (Å²) in [6, 6.07) is 15.2. The summed E-state index contributed by atoms with van der Waals surface area (Å²) >= 11 is 7.30. The lowest BCUT2D eigenvalue weighted by atomic mass is 9.79. The first kappa shape index (κ1) is 27.5. The van der Waals surface area contributed by atoms with Gasteiger partial charge in [-0.3, -0.25) is 4.79 Å². The van der Waals surface area contributed by atoms with Gasteiger partial charge in [-0.05, 0) is 76.4 Å². The van der Waals surface area contributed by atoms with E-state index in [0.29, 0.717) is 21.3 Å². The third-order valence-corrected chi connectivity index (χ3v) is 6.88. The van der Waals surface area contributed by atoms with Crippen molar-refractivity contribution in [1.82, 2.24) is 0 Å². The van der Waals surface area contributed by atoms with Gasteiger partial charge in [0.25, 0.3) is 0 Å². The number of hydrogen-bond donors (Lipinski definition) is 1. The average Bonchev–Trinajstić information content (AvgIpc) is 2.79. The summed E-state index contributed by atoms with van der Waals surface area (Å²) in [5.41, 5.74) is 3.61. The lowest BCUT2D eigenvalue weighted by Gasteiger charge is -2.31. The number of amides is 1. The number of aliphatic imine (C=N–C) groups is 1. The molecule has 0 bridgehead atoms. The third kappa shape index (κ3) is 6.77. The highest BCUT2D eigenvalue weighted by Gasteiger charge is 2.40. The zero-order valence-electron chi connectivity index (χ0n) is 21.3. The molecule has 2 unspecified atom stereocenters. The fraction of sp³-hybridized carbons (Fsp3) is 0.357. The van der Waals surface area contributed by atoms with Gasteiger partial charge in [-0.1, -0.05) is 47.6 Å². The van der Waals surface area contributed by atoms with Crippen LogP contribution in [0.25, 0.3) is 0 Å². The number of nitrogens with zero attached hydrogens (tertiary/aromatic N) is 2. The van der Waals surface area contributed by atoms with Crippen LogP contribution < -0.4 is 5.32 Å². The molecule has 1 aliphatic rings. The van der Waals surface area contributed by atoms with Crippen LogP contribution in [0.5, 0.6) is 0 Å². The molecule has 1 heterocycles. The SMILES string of the molecule is CC1=C(C(=O)OC(C)(C)C)C(c2ccc(Cl)cc2)C(C#N)C(SCC(=O)Nc2cc(C)ccc2C)=N1. The maximum absolute atomic E-state index is 13.2. The fourth-order valence-electron chi connectivity index (χ4n) is 3.91. The largest absolute Gasteiger partial charge is 0.457 e. The molecule has 2 atom stereocenters. The summed E-state index contributed by atoms with van der Waals surface area (Å²) < 4.78 is 5.66. The number of anilines is 1. The number of benzene rings is 2. The molecule has 2 aromatic carbocycles. The number of esters is 1. The molecule has 0 saturated heterocycles. The topological polar surface area (TPSA) is 91.5 Å². The Balaban J connectivity index is 1.92. The second-order valence-corrected chi connectivity index (χ2v) is 11.2. The van der Waals surface area contributed by atoms with Crippen LogP contribution >= 0.6 is 23.4 Å². The van der Waals surface area contributed by atoms with Gasteiger partial charge in [0.2, 0.25) is 5.91 Å². The normalized spacial score (nSPS) is 17.8. The first-order chi connectivity index (χ1) is 16.9. The molecule has 0 aromatic heterocycles. The Bertz CT molecular complexity index is 1270. The highest BCUT2D eigenvalue weighted by Crippen LogP contribution is 2.42. The summed E-state index contributed by atoms with van der Waals surface area (Å²) in [6.45, 7) is 11.0. The Morgan fingerprint density at radius 3 is 2.42 bits per heavy atom. The minimum Gasteiger partial charge on any atom is -0.457 e. The molecule has 0 radical (unpaired) electrons. The molecule has 1 N–H and O–H groups in total. The number of carbonyl (C=O) groups is 2. The fourth-order valence-corrected chi connectivity index (χ4v) is 4.96. The number of aryl methyl sites for hydroxylation is 2. The zero-order valence-corrected chi connectivity index (χ0v) is 22.9. The third-order valence-electron chi connectivity index (χ3n) is 5.58. The van der Waals surface area contributed by atoms with Crippen molar-refractivity contribution in [2.45, 2.75) is 53.1 Å². The van der Waals surface area contributed by atoms with Crippen molar-refractivity contribution < 1.29 is 14.3 Å². The van der Waals surface area contributed by atoms with Gasteiger partial charge in [0.1, 0.15) is 11.5 Å². The monoisotopic (exact) mass is 523 g/mol. The van der Waals surface area contributed by atoms with Gasteiger partial charge in [-0.2, -0.15) is 5.26 Å². The van der Waals surface area contributed by atoms with E-state index in [1.54, 1.807) is 52.0 Å². The van der Waals surface area contributed by atoms with Crippen molar-refractivity contribution >= 4 is 46.0 Å². The highest BCUT2D eigenvalue weighted by molar-refractivity contribution is 8.14. The van der Waals surface area contributed by atoms with E-state index >= 15 is 0 Å². The molecule has 3 rings (SSSR count). The van der Waals surface area contributed by atoms with Crippen LogP contribution in [0, 0.1) is 31.1 Å². The Kier molecular flexibility index (Phi) is 8.65. The number of halogens is 1. The van der Waals surface area contributed by atoms with Crippen LogP contribution in [-0.4, -0.2) is 28.3 Å². The predicted octanol–water partition coefficient (Wildman–Crippen LogP) is 6.58. The smallest absolute Gasteiger partial charge is 0.337 e. The van der Waals surface area contributed by atoms with Gasteiger partial charge in [0.05, 0.1) is 22.4 Å². The number of ether oxygens (including phenoxy) is 1. The van der Waals surface area contributed by atoms with E-state index in [4.69, 9.17) is 16.3 Å². The molecule has 0 aliphatic carbocycles. The number of nitrogens with one attached hydrogen (secondary N) is 1. The van der Waals surface area contributed by atoms with Crippen LogP contribution in [0.3, 0.4) is 0 Å². The Labute approximate surface area is 221 Å².